The summed E-state index contributed by atoms with van der Waals surface area (Å²) in [4.78, 5) is 19.4. The Morgan fingerprint density at radius 1 is 1.27 bits per heavy atom. The van der Waals surface area contributed by atoms with E-state index in [1.807, 2.05) is 37.4 Å². The molecule has 2 fully saturated rings. The van der Waals surface area contributed by atoms with Crippen LogP contribution in [0.1, 0.15) is 36.0 Å². The lowest BCUT2D eigenvalue weighted by molar-refractivity contribution is -0.117. The number of hydrogen-bond acceptors (Lipinski definition) is 5. The highest BCUT2D eigenvalue weighted by molar-refractivity contribution is 6.09. The summed E-state index contributed by atoms with van der Waals surface area (Å²) in [7, 11) is 0. The number of amides is 1. The SMILES string of the molecule is C/C=C(\C=N)c1ccncc1C1CC1C(=O)Nc1ccc(CN2CCOCC2)cc1. The van der Waals surface area contributed by atoms with Crippen LogP contribution in [0.5, 0.6) is 0 Å². The molecule has 1 aromatic heterocycles. The summed E-state index contributed by atoms with van der Waals surface area (Å²) >= 11 is 0. The first-order chi connectivity index (χ1) is 14.7. The van der Waals surface area contributed by atoms with Crippen LogP contribution in [0.2, 0.25) is 0 Å². The fourth-order valence-corrected chi connectivity index (χ4v) is 4.06. The number of pyridine rings is 1. The second-order valence-electron chi connectivity index (χ2n) is 7.87. The summed E-state index contributed by atoms with van der Waals surface area (Å²) < 4.78 is 5.40. The van der Waals surface area contributed by atoms with E-state index in [4.69, 9.17) is 10.1 Å². The van der Waals surface area contributed by atoms with Gasteiger partial charge >= 0.3 is 0 Å². The number of ether oxygens (including phenoxy) is 1. The molecule has 2 N–H and O–H groups in total. The van der Waals surface area contributed by atoms with Crippen molar-refractivity contribution in [3.05, 3.63) is 65.5 Å². The maximum Gasteiger partial charge on any atom is 0.228 e. The number of benzene rings is 1. The van der Waals surface area contributed by atoms with Crippen LogP contribution < -0.4 is 5.32 Å². The number of nitrogens with one attached hydrogen (secondary N) is 2. The van der Waals surface area contributed by atoms with Gasteiger partial charge in [-0.3, -0.25) is 14.7 Å². The van der Waals surface area contributed by atoms with Gasteiger partial charge in [0.1, 0.15) is 0 Å². The summed E-state index contributed by atoms with van der Waals surface area (Å²) in [6, 6.07) is 10.0. The first-order valence-electron chi connectivity index (χ1n) is 10.5. The van der Waals surface area contributed by atoms with E-state index >= 15 is 0 Å². The number of hydrogen-bond donors (Lipinski definition) is 2. The van der Waals surface area contributed by atoms with Crippen molar-refractivity contribution in [1.29, 1.82) is 5.41 Å². The quantitative estimate of drug-likeness (QED) is 0.690. The number of rotatable bonds is 7. The maximum absolute atomic E-state index is 12.8. The van der Waals surface area contributed by atoms with Gasteiger partial charge in [-0.15, -0.1) is 0 Å². The van der Waals surface area contributed by atoms with Crippen LogP contribution in [0.25, 0.3) is 5.57 Å². The van der Waals surface area contributed by atoms with Gasteiger partial charge < -0.3 is 15.5 Å². The van der Waals surface area contributed by atoms with Gasteiger partial charge in [0.15, 0.2) is 0 Å². The number of nitrogens with zero attached hydrogens (tertiary/aromatic N) is 2. The molecular weight excluding hydrogens is 376 g/mol. The Bertz CT molecular complexity index is 932. The fraction of sp³-hybridized carbons (Fsp3) is 0.375. The van der Waals surface area contributed by atoms with Crippen LogP contribution in [-0.2, 0) is 16.1 Å². The molecule has 0 radical (unpaired) electrons. The second kappa shape index (κ2) is 9.32. The Morgan fingerprint density at radius 2 is 2.03 bits per heavy atom. The van der Waals surface area contributed by atoms with Crippen LogP contribution >= 0.6 is 0 Å². The number of morpholine rings is 1. The van der Waals surface area contributed by atoms with Gasteiger partial charge in [-0.25, -0.2) is 0 Å². The molecule has 2 atom stereocenters. The van der Waals surface area contributed by atoms with Crippen LogP contribution in [0.3, 0.4) is 0 Å². The van der Waals surface area contributed by atoms with E-state index < -0.39 is 0 Å². The highest BCUT2D eigenvalue weighted by Gasteiger charge is 2.45. The maximum atomic E-state index is 12.8. The third-order valence-corrected chi connectivity index (χ3v) is 5.89. The minimum absolute atomic E-state index is 0.0487. The predicted molar refractivity (Wildman–Crippen MR) is 119 cm³/mol. The van der Waals surface area contributed by atoms with Crippen molar-refractivity contribution >= 4 is 23.4 Å². The minimum Gasteiger partial charge on any atom is -0.379 e. The molecule has 0 bridgehead atoms. The molecule has 1 aliphatic carbocycles. The molecule has 1 aliphatic heterocycles. The largest absolute Gasteiger partial charge is 0.379 e. The molecule has 2 heterocycles. The van der Waals surface area contributed by atoms with Crippen LogP contribution in [-0.4, -0.2) is 48.3 Å². The van der Waals surface area contributed by atoms with Crippen molar-refractivity contribution in [2.45, 2.75) is 25.8 Å². The van der Waals surface area contributed by atoms with Crippen LogP contribution in [0.15, 0.2) is 48.8 Å². The third-order valence-electron chi connectivity index (χ3n) is 5.89. The molecule has 4 rings (SSSR count). The Morgan fingerprint density at radius 3 is 2.73 bits per heavy atom. The van der Waals surface area contributed by atoms with Gasteiger partial charge in [-0.05, 0) is 59.7 Å². The van der Waals surface area contributed by atoms with Gasteiger partial charge in [0.25, 0.3) is 0 Å². The van der Waals surface area contributed by atoms with Crippen LogP contribution in [0.4, 0.5) is 5.69 Å². The van der Waals surface area contributed by atoms with Crippen molar-refractivity contribution in [1.82, 2.24) is 9.88 Å². The van der Waals surface area contributed by atoms with Gasteiger partial charge in [-0.1, -0.05) is 18.2 Å². The van der Waals surface area contributed by atoms with Gasteiger partial charge in [0.05, 0.1) is 13.2 Å². The summed E-state index contributed by atoms with van der Waals surface area (Å²) in [6.45, 7) is 6.35. The van der Waals surface area contributed by atoms with Gasteiger partial charge in [0.2, 0.25) is 5.91 Å². The number of carbonyl (C=O) groups excluding carboxylic acids is 1. The van der Waals surface area contributed by atoms with Crippen molar-refractivity contribution in [3.8, 4) is 0 Å². The lowest BCUT2D eigenvalue weighted by atomic mass is 9.98. The smallest absolute Gasteiger partial charge is 0.228 e. The Kier molecular flexibility index (Phi) is 6.35. The molecule has 156 valence electrons. The zero-order valence-corrected chi connectivity index (χ0v) is 17.3. The fourth-order valence-electron chi connectivity index (χ4n) is 4.06. The normalized spacial score (nSPS) is 21.8. The molecule has 30 heavy (non-hydrogen) atoms. The lowest BCUT2D eigenvalue weighted by Crippen LogP contribution is -2.35. The van der Waals surface area contributed by atoms with E-state index in [9.17, 15) is 4.79 Å². The van der Waals surface area contributed by atoms with Crippen LogP contribution in [0, 0.1) is 11.3 Å². The minimum atomic E-state index is -0.0511. The number of anilines is 1. The molecule has 2 aliphatic rings. The summed E-state index contributed by atoms with van der Waals surface area (Å²) in [5.74, 6) is 0.154. The average molecular weight is 405 g/mol. The average Bonchev–Trinajstić information content (AvgIpc) is 3.58. The van der Waals surface area contributed by atoms with E-state index in [-0.39, 0.29) is 17.7 Å². The summed E-state index contributed by atoms with van der Waals surface area (Å²) in [5.41, 5.74) is 4.97. The van der Waals surface area contributed by atoms with Crippen molar-refractivity contribution in [3.63, 3.8) is 0 Å². The van der Waals surface area contributed by atoms with Crippen molar-refractivity contribution in [2.75, 3.05) is 31.6 Å². The molecule has 1 saturated carbocycles. The Hall–Kier alpha value is -2.83. The Balaban J connectivity index is 1.36. The van der Waals surface area contributed by atoms with Crippen molar-refractivity contribution < 1.29 is 9.53 Å². The van der Waals surface area contributed by atoms with E-state index in [0.29, 0.717) is 0 Å². The highest BCUT2D eigenvalue weighted by atomic mass is 16.5. The van der Waals surface area contributed by atoms with E-state index in [1.165, 1.54) is 11.8 Å². The number of aromatic nitrogens is 1. The van der Waals surface area contributed by atoms with Gasteiger partial charge in [0, 0.05) is 49.8 Å². The molecule has 0 spiro atoms. The molecule has 1 saturated heterocycles. The first-order valence-corrected chi connectivity index (χ1v) is 10.5. The number of carbonyl (C=O) groups is 1. The lowest BCUT2D eigenvalue weighted by Gasteiger charge is -2.26. The van der Waals surface area contributed by atoms with E-state index in [2.05, 4.69) is 27.3 Å². The number of allylic oxidation sites excluding steroid dienone is 2. The van der Waals surface area contributed by atoms with E-state index in [0.717, 1.165) is 61.7 Å². The predicted octanol–water partition coefficient (Wildman–Crippen LogP) is 3.71. The molecule has 2 aromatic rings. The zero-order chi connectivity index (χ0) is 20.9. The van der Waals surface area contributed by atoms with Gasteiger partial charge in [-0.2, -0.15) is 0 Å². The highest BCUT2D eigenvalue weighted by Crippen LogP contribution is 2.49. The molecule has 1 aromatic carbocycles. The standard InChI is InChI=1S/C24H28N4O2/c1-2-18(14-25)20-7-8-26-15-23(20)21-13-22(21)24(29)27-19-5-3-17(4-6-19)16-28-9-11-30-12-10-28/h2-8,14-15,21-22,25H,9-13,16H2,1H3,(H,27,29)/b18-2+,25-14?. The first kappa shape index (κ1) is 20.4. The molecule has 1 amide bonds. The zero-order valence-electron chi connectivity index (χ0n) is 17.3. The van der Waals surface area contributed by atoms with E-state index in [1.54, 1.807) is 6.20 Å². The Labute approximate surface area is 177 Å². The molecule has 6 nitrogen and oxygen atoms in total. The summed E-state index contributed by atoms with van der Waals surface area (Å²) in [5, 5.41) is 10.7. The molecule has 2 unspecified atom stereocenters. The van der Waals surface area contributed by atoms with Crippen molar-refractivity contribution in [2.24, 2.45) is 5.92 Å². The molecule has 6 heteroatoms. The third kappa shape index (κ3) is 4.66. The summed E-state index contributed by atoms with van der Waals surface area (Å²) in [6.07, 6.45) is 7.66. The monoisotopic (exact) mass is 404 g/mol. The molecular formula is C24H28N4O2. The second-order valence-corrected chi connectivity index (χ2v) is 7.87. The topological polar surface area (TPSA) is 78.3 Å².